The lowest BCUT2D eigenvalue weighted by Crippen LogP contribution is -2.05. The van der Waals surface area contributed by atoms with E-state index in [1.165, 1.54) is 0 Å². The predicted molar refractivity (Wildman–Crippen MR) is 50.5 cm³/mol. The van der Waals surface area contributed by atoms with Gasteiger partial charge in [0.15, 0.2) is 0 Å². The van der Waals surface area contributed by atoms with Crippen LogP contribution in [0.4, 0.5) is 0 Å². The molecule has 0 heterocycles. The third kappa shape index (κ3) is 3.07. The fourth-order valence-corrected chi connectivity index (χ4v) is 1.75. The average molecular weight is 211 g/mol. The summed E-state index contributed by atoms with van der Waals surface area (Å²) in [5.41, 5.74) is 1.65. The first-order chi connectivity index (χ1) is 6.53. The van der Waals surface area contributed by atoms with Gasteiger partial charge < -0.3 is 4.18 Å². The first-order valence-electron chi connectivity index (χ1n) is 3.89. The van der Waals surface area contributed by atoms with Crippen LogP contribution in [0, 0.1) is 18.4 Å². The summed E-state index contributed by atoms with van der Waals surface area (Å²) in [6.45, 7) is 1.91. The normalized spacial score (nSPS) is 10.6. The Kier molecular flexibility index (Phi) is 3.10. The molecule has 0 aliphatic rings. The molecule has 14 heavy (non-hydrogen) atoms. The van der Waals surface area contributed by atoms with Crippen LogP contribution in [0.3, 0.4) is 0 Å². The first kappa shape index (κ1) is 10.5. The molecule has 0 fully saturated rings. The molecule has 1 aromatic carbocycles. The summed E-state index contributed by atoms with van der Waals surface area (Å²) in [6, 6.07) is 6.98. The number of hydrogen-bond donors (Lipinski definition) is 0. The van der Waals surface area contributed by atoms with Crippen LogP contribution in [-0.2, 0) is 20.1 Å². The van der Waals surface area contributed by atoms with Crippen LogP contribution >= 0.6 is 0 Å². The van der Waals surface area contributed by atoms with Gasteiger partial charge in [-0.05, 0) is 12.5 Å². The predicted octanol–water partition coefficient (Wildman–Crippen LogP) is 1.32. The van der Waals surface area contributed by atoms with Crippen molar-refractivity contribution in [2.45, 2.75) is 12.7 Å². The molecule has 4 nitrogen and oxygen atoms in total. The Hall–Kier alpha value is -1.54. The number of hydrogen-bond acceptors (Lipinski definition) is 4. The lowest BCUT2D eigenvalue weighted by atomic mass is 10.2. The van der Waals surface area contributed by atoms with E-state index in [2.05, 4.69) is 4.18 Å². The first-order valence-corrected chi connectivity index (χ1v) is 5.47. The van der Waals surface area contributed by atoms with Crippen molar-refractivity contribution in [2.75, 3.05) is 0 Å². The number of rotatable bonds is 3. The molecule has 0 saturated carbocycles. The molecule has 0 bridgehead atoms. The zero-order valence-electron chi connectivity index (χ0n) is 7.60. The smallest absolute Gasteiger partial charge is 0.302 e. The Morgan fingerprint density at radius 1 is 1.36 bits per heavy atom. The van der Waals surface area contributed by atoms with E-state index >= 15 is 0 Å². The second-order valence-electron chi connectivity index (χ2n) is 2.86. The molecule has 5 heteroatoms. The van der Waals surface area contributed by atoms with Gasteiger partial charge in [-0.15, -0.1) is 5.26 Å². The summed E-state index contributed by atoms with van der Waals surface area (Å²) in [7, 11) is -3.76. The molecule has 0 N–H and O–H groups in total. The summed E-state index contributed by atoms with van der Waals surface area (Å²) in [6.07, 6.45) is 1.15. The molecule has 0 unspecified atom stereocenters. The van der Waals surface area contributed by atoms with E-state index in [1.807, 2.05) is 6.92 Å². The fraction of sp³-hybridized carbons (Fsp3) is 0.222. The molecule has 0 saturated heterocycles. The summed E-state index contributed by atoms with van der Waals surface area (Å²) in [5.74, 6) is -0.277. The summed E-state index contributed by atoms with van der Waals surface area (Å²) in [4.78, 5) is 0. The maximum atomic E-state index is 11.0. The molecule has 0 aliphatic carbocycles. The SMILES string of the molecule is Cc1ccc(CS(=O)(=O)OC#N)cc1. The van der Waals surface area contributed by atoms with E-state index in [-0.39, 0.29) is 5.75 Å². The van der Waals surface area contributed by atoms with Gasteiger partial charge in [0.25, 0.3) is 0 Å². The van der Waals surface area contributed by atoms with Crippen LogP contribution < -0.4 is 0 Å². The molecule has 0 radical (unpaired) electrons. The molecular weight excluding hydrogens is 202 g/mol. The van der Waals surface area contributed by atoms with Gasteiger partial charge in [-0.1, -0.05) is 29.8 Å². The Labute approximate surface area is 82.9 Å². The molecule has 74 valence electrons. The standard InChI is InChI=1S/C9H9NO3S/c1-8-2-4-9(5-3-8)6-14(11,12)13-7-10/h2-5H,6H2,1H3. The maximum Gasteiger partial charge on any atom is 0.323 e. The van der Waals surface area contributed by atoms with E-state index in [0.717, 1.165) is 11.8 Å². The number of nitriles is 1. The minimum atomic E-state index is -3.76. The van der Waals surface area contributed by atoms with Crippen LogP contribution in [-0.4, -0.2) is 8.42 Å². The minimum absolute atomic E-state index is 0.277. The largest absolute Gasteiger partial charge is 0.323 e. The summed E-state index contributed by atoms with van der Waals surface area (Å²) >= 11 is 0. The maximum absolute atomic E-state index is 11.0. The van der Waals surface area contributed by atoms with Crippen LogP contribution in [0.2, 0.25) is 0 Å². The zero-order valence-corrected chi connectivity index (χ0v) is 8.41. The molecule has 0 spiro atoms. The molecule has 0 amide bonds. The minimum Gasteiger partial charge on any atom is -0.302 e. The number of benzene rings is 1. The third-order valence-corrected chi connectivity index (χ3v) is 2.64. The third-order valence-electron chi connectivity index (χ3n) is 1.63. The van der Waals surface area contributed by atoms with E-state index in [0.29, 0.717) is 5.56 Å². The van der Waals surface area contributed by atoms with Crippen molar-refractivity contribution in [3.05, 3.63) is 35.4 Å². The molecule has 0 aliphatic heterocycles. The van der Waals surface area contributed by atoms with E-state index < -0.39 is 10.1 Å². The fourth-order valence-electron chi connectivity index (χ4n) is 0.975. The molecule has 0 atom stereocenters. The summed E-state index contributed by atoms with van der Waals surface area (Å²) < 4.78 is 26.0. The van der Waals surface area contributed by atoms with Gasteiger partial charge >= 0.3 is 16.4 Å². The van der Waals surface area contributed by atoms with E-state index in [4.69, 9.17) is 5.26 Å². The highest BCUT2D eigenvalue weighted by Gasteiger charge is 2.11. The van der Waals surface area contributed by atoms with Gasteiger partial charge in [-0.3, -0.25) is 0 Å². The van der Waals surface area contributed by atoms with Crippen molar-refractivity contribution in [3.8, 4) is 6.26 Å². The Morgan fingerprint density at radius 2 is 1.93 bits per heavy atom. The van der Waals surface area contributed by atoms with Crippen LogP contribution in [0.5, 0.6) is 0 Å². The van der Waals surface area contributed by atoms with Crippen molar-refractivity contribution in [1.29, 1.82) is 5.26 Å². The highest BCUT2D eigenvalue weighted by molar-refractivity contribution is 7.86. The van der Waals surface area contributed by atoms with Crippen LogP contribution in [0.25, 0.3) is 0 Å². The molecular formula is C9H9NO3S. The Morgan fingerprint density at radius 3 is 2.43 bits per heavy atom. The van der Waals surface area contributed by atoms with Crippen molar-refractivity contribution in [3.63, 3.8) is 0 Å². The van der Waals surface area contributed by atoms with Gasteiger partial charge in [0.2, 0.25) is 0 Å². The number of nitrogens with zero attached hydrogens (tertiary/aromatic N) is 1. The molecule has 0 aromatic heterocycles. The van der Waals surface area contributed by atoms with Crippen molar-refractivity contribution in [1.82, 2.24) is 0 Å². The topological polar surface area (TPSA) is 67.2 Å². The summed E-state index contributed by atoms with van der Waals surface area (Å²) in [5, 5.41) is 8.07. The van der Waals surface area contributed by atoms with Gasteiger partial charge in [-0.25, -0.2) is 0 Å². The highest BCUT2D eigenvalue weighted by Crippen LogP contribution is 2.08. The quantitative estimate of drug-likeness (QED) is 0.558. The monoisotopic (exact) mass is 211 g/mol. The Balaban J connectivity index is 2.80. The second kappa shape index (κ2) is 4.11. The highest BCUT2D eigenvalue weighted by atomic mass is 32.2. The van der Waals surface area contributed by atoms with E-state index in [1.54, 1.807) is 24.3 Å². The lowest BCUT2D eigenvalue weighted by Gasteiger charge is -2.00. The average Bonchev–Trinajstić information content (AvgIpc) is 2.08. The Bertz CT molecular complexity index is 442. The number of aryl methyl sites for hydroxylation is 1. The van der Waals surface area contributed by atoms with Crippen molar-refractivity contribution >= 4 is 10.1 Å². The van der Waals surface area contributed by atoms with Gasteiger partial charge in [0, 0.05) is 0 Å². The molecule has 1 aromatic rings. The lowest BCUT2D eigenvalue weighted by molar-refractivity contribution is 0.458. The van der Waals surface area contributed by atoms with Crippen molar-refractivity contribution in [2.24, 2.45) is 0 Å². The van der Waals surface area contributed by atoms with Gasteiger partial charge in [-0.2, -0.15) is 8.42 Å². The van der Waals surface area contributed by atoms with E-state index in [9.17, 15) is 8.42 Å². The van der Waals surface area contributed by atoms with Gasteiger partial charge in [0.05, 0.1) is 0 Å². The van der Waals surface area contributed by atoms with Crippen molar-refractivity contribution < 1.29 is 12.6 Å². The second-order valence-corrected chi connectivity index (χ2v) is 4.43. The van der Waals surface area contributed by atoms with Gasteiger partial charge in [0.1, 0.15) is 5.75 Å². The van der Waals surface area contributed by atoms with Crippen LogP contribution in [0.1, 0.15) is 11.1 Å². The zero-order chi connectivity index (χ0) is 10.6. The molecule has 1 rings (SSSR count). The van der Waals surface area contributed by atoms with Crippen LogP contribution in [0.15, 0.2) is 24.3 Å².